The van der Waals surface area contributed by atoms with Gasteiger partial charge < -0.3 is 20.1 Å². The zero-order valence-electron chi connectivity index (χ0n) is 14.7. The second kappa shape index (κ2) is 11.0. The van der Waals surface area contributed by atoms with E-state index in [9.17, 15) is 4.79 Å². The lowest BCUT2D eigenvalue weighted by Gasteiger charge is -2.10. The molecular formula is C20H26N2O3. The summed E-state index contributed by atoms with van der Waals surface area (Å²) in [4.78, 5) is 11.7. The quantitative estimate of drug-likeness (QED) is 0.511. The van der Waals surface area contributed by atoms with Gasteiger partial charge in [-0.05, 0) is 56.0 Å². The van der Waals surface area contributed by atoms with E-state index in [1.54, 1.807) is 0 Å². The van der Waals surface area contributed by atoms with Gasteiger partial charge in [0.05, 0.1) is 6.61 Å². The number of nitrogens with one attached hydrogen (secondary N) is 2. The van der Waals surface area contributed by atoms with Crippen molar-refractivity contribution in [1.29, 1.82) is 0 Å². The molecule has 25 heavy (non-hydrogen) atoms. The summed E-state index contributed by atoms with van der Waals surface area (Å²) in [7, 11) is 0. The summed E-state index contributed by atoms with van der Waals surface area (Å²) in [5, 5.41) is 5.51. The molecule has 0 heterocycles. The number of aryl methyl sites for hydroxylation is 1. The molecule has 2 aromatic carbocycles. The fourth-order valence-electron chi connectivity index (χ4n) is 2.35. The summed E-state index contributed by atoms with van der Waals surface area (Å²) in [6, 6.07) is 17.4. The number of carbonyl (C=O) groups excluding carboxylic acids is 1. The molecular weight excluding hydrogens is 316 g/mol. The largest absolute Gasteiger partial charge is 0.494 e. The SMILES string of the molecule is CCOc1ccc(OCNC(=O)NCCCCc2ccccc2)cc1. The van der Waals surface area contributed by atoms with Crippen molar-refractivity contribution >= 4 is 6.03 Å². The van der Waals surface area contributed by atoms with E-state index in [-0.39, 0.29) is 12.8 Å². The van der Waals surface area contributed by atoms with Crippen molar-refractivity contribution in [3.8, 4) is 11.5 Å². The lowest BCUT2D eigenvalue weighted by atomic mass is 10.1. The number of urea groups is 1. The molecule has 0 fully saturated rings. The Morgan fingerprint density at radius 3 is 2.24 bits per heavy atom. The van der Waals surface area contributed by atoms with Crippen molar-refractivity contribution in [2.24, 2.45) is 0 Å². The Kier molecular flexibility index (Phi) is 8.18. The first-order valence-corrected chi connectivity index (χ1v) is 8.69. The van der Waals surface area contributed by atoms with Crippen LogP contribution in [0, 0.1) is 0 Å². The summed E-state index contributed by atoms with van der Waals surface area (Å²) in [6.45, 7) is 3.35. The summed E-state index contributed by atoms with van der Waals surface area (Å²) in [5.41, 5.74) is 1.33. The second-order valence-electron chi connectivity index (χ2n) is 5.57. The van der Waals surface area contributed by atoms with Gasteiger partial charge in [-0.2, -0.15) is 0 Å². The van der Waals surface area contributed by atoms with E-state index < -0.39 is 0 Å². The molecule has 2 rings (SSSR count). The minimum Gasteiger partial charge on any atom is -0.494 e. The third-order valence-corrected chi connectivity index (χ3v) is 3.63. The Bertz CT molecular complexity index is 615. The van der Waals surface area contributed by atoms with Crippen molar-refractivity contribution in [2.75, 3.05) is 19.9 Å². The molecule has 0 atom stereocenters. The van der Waals surface area contributed by atoms with Crippen LogP contribution in [0.1, 0.15) is 25.3 Å². The van der Waals surface area contributed by atoms with Crippen molar-refractivity contribution < 1.29 is 14.3 Å². The average molecular weight is 342 g/mol. The molecule has 0 spiro atoms. The van der Waals surface area contributed by atoms with Crippen LogP contribution in [0.3, 0.4) is 0 Å². The van der Waals surface area contributed by atoms with Crippen molar-refractivity contribution in [2.45, 2.75) is 26.2 Å². The smallest absolute Gasteiger partial charge is 0.317 e. The van der Waals surface area contributed by atoms with Crippen molar-refractivity contribution in [3.05, 3.63) is 60.2 Å². The monoisotopic (exact) mass is 342 g/mol. The highest BCUT2D eigenvalue weighted by Gasteiger charge is 2.00. The fraction of sp³-hybridized carbons (Fsp3) is 0.350. The molecule has 5 nitrogen and oxygen atoms in total. The summed E-state index contributed by atoms with van der Waals surface area (Å²) >= 11 is 0. The van der Waals surface area contributed by atoms with E-state index in [4.69, 9.17) is 9.47 Å². The number of unbranched alkanes of at least 4 members (excludes halogenated alkanes) is 1. The number of ether oxygens (including phenoxy) is 2. The molecule has 0 aliphatic carbocycles. The Balaban J connectivity index is 1.52. The minimum atomic E-state index is -0.217. The van der Waals surface area contributed by atoms with Crippen LogP contribution in [-0.2, 0) is 6.42 Å². The lowest BCUT2D eigenvalue weighted by Crippen LogP contribution is -2.38. The predicted octanol–water partition coefficient (Wildman–Crippen LogP) is 3.74. The fourth-order valence-corrected chi connectivity index (χ4v) is 2.35. The van der Waals surface area contributed by atoms with Gasteiger partial charge in [-0.3, -0.25) is 0 Å². The minimum absolute atomic E-state index is 0.129. The van der Waals surface area contributed by atoms with Gasteiger partial charge >= 0.3 is 6.03 Å². The zero-order chi connectivity index (χ0) is 17.7. The standard InChI is InChI=1S/C20H26N2O3/c1-2-24-18-11-13-19(14-12-18)25-16-22-20(23)21-15-7-6-10-17-8-4-3-5-9-17/h3-5,8-9,11-14H,2,6-7,10,15-16H2,1H3,(H2,21,22,23). The Morgan fingerprint density at radius 1 is 0.880 bits per heavy atom. The molecule has 134 valence electrons. The van der Waals surface area contributed by atoms with Crippen molar-refractivity contribution in [1.82, 2.24) is 10.6 Å². The van der Waals surface area contributed by atoms with Crippen LogP contribution in [-0.4, -0.2) is 25.9 Å². The van der Waals surface area contributed by atoms with E-state index in [0.717, 1.165) is 25.0 Å². The highest BCUT2D eigenvalue weighted by atomic mass is 16.5. The molecule has 2 aromatic rings. The topological polar surface area (TPSA) is 59.6 Å². The van der Waals surface area contributed by atoms with Gasteiger partial charge in [0, 0.05) is 6.54 Å². The Hall–Kier alpha value is -2.69. The molecule has 2 amide bonds. The third-order valence-electron chi connectivity index (χ3n) is 3.63. The highest BCUT2D eigenvalue weighted by molar-refractivity contribution is 5.73. The number of hydrogen-bond acceptors (Lipinski definition) is 3. The maximum absolute atomic E-state index is 11.7. The van der Waals surface area contributed by atoms with E-state index >= 15 is 0 Å². The normalized spacial score (nSPS) is 10.1. The highest BCUT2D eigenvalue weighted by Crippen LogP contribution is 2.17. The molecule has 0 bridgehead atoms. The van der Waals surface area contributed by atoms with Gasteiger partial charge in [-0.15, -0.1) is 0 Å². The molecule has 0 unspecified atom stereocenters. The maximum atomic E-state index is 11.7. The van der Waals surface area contributed by atoms with Gasteiger partial charge in [0.2, 0.25) is 0 Å². The number of rotatable bonds is 10. The summed E-state index contributed by atoms with van der Waals surface area (Å²) < 4.78 is 10.8. The summed E-state index contributed by atoms with van der Waals surface area (Å²) in [6.07, 6.45) is 3.03. The van der Waals surface area contributed by atoms with Crippen LogP contribution in [0.15, 0.2) is 54.6 Å². The molecule has 5 heteroatoms. The maximum Gasteiger partial charge on any atom is 0.317 e. The average Bonchev–Trinajstić information content (AvgIpc) is 2.64. The van der Waals surface area contributed by atoms with Crippen LogP contribution in [0.4, 0.5) is 4.79 Å². The lowest BCUT2D eigenvalue weighted by molar-refractivity contribution is 0.224. The zero-order valence-corrected chi connectivity index (χ0v) is 14.7. The molecule has 0 saturated carbocycles. The summed E-state index contributed by atoms with van der Waals surface area (Å²) in [5.74, 6) is 1.49. The van der Waals surface area contributed by atoms with Crippen LogP contribution < -0.4 is 20.1 Å². The second-order valence-corrected chi connectivity index (χ2v) is 5.57. The van der Waals surface area contributed by atoms with Gasteiger partial charge in [0.1, 0.15) is 11.5 Å². The van der Waals surface area contributed by atoms with Gasteiger partial charge in [-0.25, -0.2) is 4.79 Å². The number of benzene rings is 2. The first-order valence-electron chi connectivity index (χ1n) is 8.69. The predicted molar refractivity (Wildman–Crippen MR) is 99.0 cm³/mol. The van der Waals surface area contributed by atoms with Gasteiger partial charge in [0.15, 0.2) is 6.73 Å². The first kappa shape index (κ1) is 18.6. The van der Waals surface area contributed by atoms with E-state index in [1.807, 2.05) is 49.4 Å². The number of hydrogen-bond donors (Lipinski definition) is 2. The van der Waals surface area contributed by atoms with Crippen LogP contribution >= 0.6 is 0 Å². The molecule has 0 radical (unpaired) electrons. The van der Waals surface area contributed by atoms with E-state index in [2.05, 4.69) is 22.8 Å². The van der Waals surface area contributed by atoms with E-state index in [1.165, 1.54) is 5.56 Å². The Labute approximate surface area is 149 Å². The van der Waals surface area contributed by atoms with Crippen molar-refractivity contribution in [3.63, 3.8) is 0 Å². The molecule has 2 N–H and O–H groups in total. The van der Waals surface area contributed by atoms with Crippen LogP contribution in [0.25, 0.3) is 0 Å². The van der Waals surface area contributed by atoms with Crippen LogP contribution in [0.2, 0.25) is 0 Å². The molecule has 0 saturated heterocycles. The molecule has 0 aromatic heterocycles. The third kappa shape index (κ3) is 7.61. The first-order chi connectivity index (χ1) is 12.3. The van der Waals surface area contributed by atoms with Crippen LogP contribution in [0.5, 0.6) is 11.5 Å². The Morgan fingerprint density at radius 2 is 1.56 bits per heavy atom. The van der Waals surface area contributed by atoms with Gasteiger partial charge in [0.25, 0.3) is 0 Å². The number of carbonyl (C=O) groups is 1. The molecule has 0 aliphatic heterocycles. The number of amides is 2. The van der Waals surface area contributed by atoms with Gasteiger partial charge in [-0.1, -0.05) is 30.3 Å². The van der Waals surface area contributed by atoms with E-state index in [0.29, 0.717) is 18.9 Å². The molecule has 0 aliphatic rings.